The van der Waals surface area contributed by atoms with Crippen LogP contribution in [0.15, 0.2) is 34.8 Å². The molecule has 2 nitrogen and oxygen atoms in total. The Kier molecular flexibility index (Phi) is 5.81. The number of nitrogens with one attached hydrogen (secondary N) is 1. The molecular formula is C15H13BrCl3NO. The maximum atomic E-state index is 6.16. The maximum Gasteiger partial charge on any atom is 0.138 e. The topological polar surface area (TPSA) is 21.3 Å². The van der Waals surface area contributed by atoms with E-state index in [1.165, 1.54) is 0 Å². The number of benzene rings is 2. The van der Waals surface area contributed by atoms with E-state index in [1.54, 1.807) is 19.2 Å². The summed E-state index contributed by atoms with van der Waals surface area (Å²) in [6, 6.07) is 8.94. The summed E-state index contributed by atoms with van der Waals surface area (Å²) in [7, 11) is 3.48. The predicted octanol–water partition coefficient (Wildman–Crippen LogP) is 5.73. The van der Waals surface area contributed by atoms with Crippen molar-refractivity contribution in [1.82, 2.24) is 5.32 Å². The van der Waals surface area contributed by atoms with Gasteiger partial charge in [-0.15, -0.1) is 0 Å². The Hall–Kier alpha value is -0.450. The molecule has 2 rings (SSSR count). The third-order valence-corrected chi connectivity index (χ3v) is 4.30. The molecule has 0 bridgehead atoms. The monoisotopic (exact) mass is 407 g/mol. The molecular weight excluding hydrogens is 396 g/mol. The first-order valence-corrected chi connectivity index (χ1v) is 8.05. The number of methoxy groups -OCH3 is 1. The Morgan fingerprint density at radius 2 is 1.57 bits per heavy atom. The molecule has 2 aromatic carbocycles. The first kappa shape index (κ1) is 16.9. The molecule has 112 valence electrons. The highest BCUT2D eigenvalue weighted by molar-refractivity contribution is 9.10. The molecule has 1 N–H and O–H groups in total. The van der Waals surface area contributed by atoms with Gasteiger partial charge in [0.15, 0.2) is 0 Å². The molecule has 0 heterocycles. The minimum Gasteiger partial charge on any atom is -0.495 e. The largest absolute Gasteiger partial charge is 0.495 e. The third kappa shape index (κ3) is 3.85. The van der Waals surface area contributed by atoms with Gasteiger partial charge in [-0.1, -0.05) is 34.8 Å². The van der Waals surface area contributed by atoms with E-state index in [9.17, 15) is 0 Å². The van der Waals surface area contributed by atoms with Gasteiger partial charge in [0.05, 0.1) is 17.6 Å². The molecule has 0 aliphatic carbocycles. The van der Waals surface area contributed by atoms with E-state index in [-0.39, 0.29) is 6.04 Å². The quantitative estimate of drug-likeness (QED) is 0.697. The minimum atomic E-state index is -0.147. The van der Waals surface area contributed by atoms with Gasteiger partial charge < -0.3 is 10.1 Å². The van der Waals surface area contributed by atoms with E-state index in [0.717, 1.165) is 21.3 Å². The highest BCUT2D eigenvalue weighted by atomic mass is 79.9. The smallest absolute Gasteiger partial charge is 0.138 e. The van der Waals surface area contributed by atoms with Crippen molar-refractivity contribution in [2.75, 3.05) is 14.2 Å². The summed E-state index contributed by atoms with van der Waals surface area (Å²) >= 11 is 21.8. The van der Waals surface area contributed by atoms with Crippen molar-refractivity contribution >= 4 is 50.7 Å². The van der Waals surface area contributed by atoms with Crippen molar-refractivity contribution in [3.05, 3.63) is 61.0 Å². The van der Waals surface area contributed by atoms with Crippen LogP contribution in [0.1, 0.15) is 17.2 Å². The molecule has 2 aromatic rings. The highest BCUT2D eigenvalue weighted by Crippen LogP contribution is 2.39. The Bertz CT molecular complexity index is 643. The van der Waals surface area contributed by atoms with Crippen LogP contribution < -0.4 is 10.1 Å². The van der Waals surface area contributed by atoms with Gasteiger partial charge in [-0.3, -0.25) is 0 Å². The second-order valence-corrected chi connectivity index (χ2v) is 6.60. The zero-order valence-electron chi connectivity index (χ0n) is 11.4. The van der Waals surface area contributed by atoms with E-state index in [4.69, 9.17) is 39.5 Å². The lowest BCUT2D eigenvalue weighted by Gasteiger charge is -2.21. The van der Waals surface area contributed by atoms with Gasteiger partial charge in [-0.05, 0) is 58.9 Å². The molecule has 0 aromatic heterocycles. The van der Waals surface area contributed by atoms with Crippen molar-refractivity contribution in [3.8, 4) is 5.75 Å². The molecule has 0 aliphatic heterocycles. The summed E-state index contributed by atoms with van der Waals surface area (Å²) in [6.45, 7) is 0. The number of hydrogen-bond acceptors (Lipinski definition) is 2. The molecule has 0 spiro atoms. The van der Waals surface area contributed by atoms with Crippen LogP contribution in [0.3, 0.4) is 0 Å². The van der Waals surface area contributed by atoms with Gasteiger partial charge in [-0.25, -0.2) is 0 Å². The summed E-state index contributed by atoms with van der Waals surface area (Å²) in [6.07, 6.45) is 0. The summed E-state index contributed by atoms with van der Waals surface area (Å²) < 4.78 is 6.28. The average Bonchev–Trinajstić information content (AvgIpc) is 2.38. The minimum absolute atomic E-state index is 0.147. The fourth-order valence-electron chi connectivity index (χ4n) is 2.25. The van der Waals surface area contributed by atoms with Crippen LogP contribution in [0.25, 0.3) is 0 Å². The van der Waals surface area contributed by atoms with Crippen LogP contribution in [-0.2, 0) is 0 Å². The van der Waals surface area contributed by atoms with Crippen molar-refractivity contribution in [2.24, 2.45) is 0 Å². The summed E-state index contributed by atoms with van der Waals surface area (Å²) in [4.78, 5) is 0. The summed E-state index contributed by atoms with van der Waals surface area (Å²) in [5, 5.41) is 5.02. The SMILES string of the molecule is CNC(c1cc(Cl)cc(Cl)c1)c1cc(Cl)cc(Br)c1OC. The number of ether oxygens (including phenoxy) is 1. The normalized spacial score (nSPS) is 12.3. The molecule has 0 fully saturated rings. The predicted molar refractivity (Wildman–Crippen MR) is 93.1 cm³/mol. The Labute approximate surface area is 147 Å². The summed E-state index contributed by atoms with van der Waals surface area (Å²) in [5.74, 6) is 0.717. The van der Waals surface area contributed by atoms with E-state index >= 15 is 0 Å². The standard InChI is InChI=1S/C15H13BrCl3NO/c1-20-14(8-3-9(17)5-10(18)4-8)12-6-11(19)7-13(16)15(12)21-2/h3-7,14,20H,1-2H3. The van der Waals surface area contributed by atoms with Crippen molar-refractivity contribution in [3.63, 3.8) is 0 Å². The van der Waals surface area contributed by atoms with E-state index in [1.807, 2.05) is 25.2 Å². The number of hydrogen-bond donors (Lipinski definition) is 1. The Morgan fingerprint density at radius 1 is 1.00 bits per heavy atom. The van der Waals surface area contributed by atoms with Gasteiger partial charge in [-0.2, -0.15) is 0 Å². The molecule has 1 atom stereocenters. The highest BCUT2D eigenvalue weighted by Gasteiger charge is 2.20. The number of rotatable bonds is 4. The zero-order valence-corrected chi connectivity index (χ0v) is 15.2. The van der Waals surface area contributed by atoms with Crippen LogP contribution in [-0.4, -0.2) is 14.2 Å². The zero-order chi connectivity index (χ0) is 15.6. The van der Waals surface area contributed by atoms with Crippen LogP contribution in [0.4, 0.5) is 0 Å². The molecule has 0 amide bonds. The molecule has 6 heteroatoms. The van der Waals surface area contributed by atoms with Crippen molar-refractivity contribution < 1.29 is 4.74 Å². The van der Waals surface area contributed by atoms with Gasteiger partial charge in [0.1, 0.15) is 5.75 Å². The molecule has 1 unspecified atom stereocenters. The van der Waals surface area contributed by atoms with Gasteiger partial charge >= 0.3 is 0 Å². The number of halogens is 4. The summed E-state index contributed by atoms with van der Waals surface area (Å²) in [5.41, 5.74) is 1.83. The fourth-order valence-corrected chi connectivity index (χ4v) is 3.79. The van der Waals surface area contributed by atoms with Crippen molar-refractivity contribution in [2.45, 2.75) is 6.04 Å². The van der Waals surface area contributed by atoms with Crippen LogP contribution in [0.5, 0.6) is 5.75 Å². The lowest BCUT2D eigenvalue weighted by molar-refractivity contribution is 0.403. The van der Waals surface area contributed by atoms with Crippen LogP contribution >= 0.6 is 50.7 Å². The van der Waals surface area contributed by atoms with E-state index < -0.39 is 0 Å². The lowest BCUT2D eigenvalue weighted by Crippen LogP contribution is -2.18. The molecule has 0 saturated carbocycles. The molecule has 0 aliphatic rings. The molecule has 0 radical (unpaired) electrons. The first-order chi connectivity index (χ1) is 9.96. The second-order valence-electron chi connectivity index (χ2n) is 4.43. The van der Waals surface area contributed by atoms with Crippen LogP contribution in [0, 0.1) is 0 Å². The average molecular weight is 410 g/mol. The lowest BCUT2D eigenvalue weighted by atomic mass is 9.98. The Morgan fingerprint density at radius 3 is 2.10 bits per heavy atom. The second kappa shape index (κ2) is 7.21. The van der Waals surface area contributed by atoms with Crippen LogP contribution in [0.2, 0.25) is 15.1 Å². The molecule has 21 heavy (non-hydrogen) atoms. The molecule has 0 saturated heterocycles. The van der Waals surface area contributed by atoms with Crippen molar-refractivity contribution in [1.29, 1.82) is 0 Å². The Balaban J connectivity index is 2.61. The van der Waals surface area contributed by atoms with E-state index in [0.29, 0.717) is 15.1 Å². The first-order valence-electron chi connectivity index (χ1n) is 6.12. The van der Waals surface area contributed by atoms with Gasteiger partial charge in [0.2, 0.25) is 0 Å². The van der Waals surface area contributed by atoms with E-state index in [2.05, 4.69) is 21.2 Å². The van der Waals surface area contributed by atoms with Gasteiger partial charge in [0.25, 0.3) is 0 Å². The maximum absolute atomic E-state index is 6.16. The fraction of sp³-hybridized carbons (Fsp3) is 0.200. The van der Waals surface area contributed by atoms with Gasteiger partial charge in [0, 0.05) is 20.6 Å². The third-order valence-electron chi connectivity index (χ3n) is 3.06.